The van der Waals surface area contributed by atoms with Crippen molar-refractivity contribution in [2.75, 3.05) is 36.3 Å². The first kappa shape index (κ1) is 16.5. The van der Waals surface area contributed by atoms with Crippen LogP contribution in [0.2, 0.25) is 0 Å². The summed E-state index contributed by atoms with van der Waals surface area (Å²) in [4.78, 5) is 26.3. The van der Waals surface area contributed by atoms with E-state index in [0.717, 1.165) is 11.8 Å². The average molecular weight is 356 g/mol. The van der Waals surface area contributed by atoms with E-state index in [9.17, 15) is 18.0 Å². The maximum absolute atomic E-state index is 12.0. The van der Waals surface area contributed by atoms with Crippen molar-refractivity contribution in [1.29, 1.82) is 0 Å². The first-order chi connectivity index (χ1) is 11.2. The van der Waals surface area contributed by atoms with Crippen LogP contribution in [0.1, 0.15) is 5.56 Å². The van der Waals surface area contributed by atoms with Gasteiger partial charge in [-0.3, -0.25) is 14.0 Å². The molecule has 24 heavy (non-hydrogen) atoms. The monoisotopic (exact) mass is 356 g/mol. The van der Waals surface area contributed by atoms with Gasteiger partial charge in [-0.05, 0) is 18.2 Å². The van der Waals surface area contributed by atoms with Crippen LogP contribution in [0.3, 0.4) is 0 Å². The molecule has 1 saturated heterocycles. The van der Waals surface area contributed by atoms with Gasteiger partial charge in [-0.25, -0.2) is 9.59 Å². The Morgan fingerprint density at radius 2 is 2.04 bits per heavy atom. The molecule has 0 radical (unpaired) electrons. The molecule has 1 unspecified atom stereocenters. The summed E-state index contributed by atoms with van der Waals surface area (Å²) in [5.41, 5.74) is 2.05. The number of rotatable bonds is 4. The van der Waals surface area contributed by atoms with Crippen molar-refractivity contribution < 1.29 is 31.7 Å². The molecule has 10 heteroatoms. The normalized spacial score (nSPS) is 20.7. The molecule has 1 fully saturated rings. The number of benzene rings is 1. The van der Waals surface area contributed by atoms with Crippen LogP contribution in [0.5, 0.6) is 0 Å². The molecule has 1 atom stereocenters. The highest BCUT2D eigenvalue weighted by molar-refractivity contribution is 7.85. The van der Waals surface area contributed by atoms with Crippen LogP contribution < -0.4 is 9.80 Å². The summed E-state index contributed by atoms with van der Waals surface area (Å²) in [5.74, 6) is 0. The quantitative estimate of drug-likeness (QED) is 0.744. The van der Waals surface area contributed by atoms with Gasteiger partial charge in [0.1, 0.15) is 19.3 Å². The van der Waals surface area contributed by atoms with Crippen LogP contribution in [0.25, 0.3) is 0 Å². The lowest BCUT2D eigenvalue weighted by atomic mass is 10.1. The fraction of sp³-hybridized carbons (Fsp3) is 0.429. The lowest BCUT2D eigenvalue weighted by Crippen LogP contribution is -2.32. The van der Waals surface area contributed by atoms with Gasteiger partial charge in [0.05, 0.1) is 18.5 Å². The zero-order valence-corrected chi connectivity index (χ0v) is 13.9. The van der Waals surface area contributed by atoms with Gasteiger partial charge in [-0.15, -0.1) is 0 Å². The lowest BCUT2D eigenvalue weighted by Gasteiger charge is -2.26. The fourth-order valence-electron chi connectivity index (χ4n) is 2.54. The molecule has 0 N–H and O–H groups in total. The molecule has 1 aromatic rings. The van der Waals surface area contributed by atoms with Crippen molar-refractivity contribution in [3.8, 4) is 0 Å². The summed E-state index contributed by atoms with van der Waals surface area (Å²) in [5, 5.41) is 0. The topological polar surface area (TPSA) is 102 Å². The number of hydrogen-bond donors (Lipinski definition) is 0. The minimum absolute atomic E-state index is 0.121. The highest BCUT2D eigenvalue weighted by Crippen LogP contribution is 2.31. The number of carbonyl (C=O) groups excluding carboxylic acids is 2. The van der Waals surface area contributed by atoms with Gasteiger partial charge in [0.2, 0.25) is 0 Å². The minimum atomic E-state index is -3.60. The van der Waals surface area contributed by atoms with Gasteiger partial charge in [0, 0.05) is 18.3 Å². The molecule has 2 aliphatic rings. The summed E-state index contributed by atoms with van der Waals surface area (Å²) in [6, 6.07) is 5.15. The third-order valence-corrected chi connectivity index (χ3v) is 4.27. The van der Waals surface area contributed by atoms with E-state index in [1.807, 2.05) is 0 Å². The predicted octanol–water partition coefficient (Wildman–Crippen LogP) is 1.07. The number of anilines is 2. The molecule has 0 aromatic heterocycles. The fourth-order valence-corrected chi connectivity index (χ4v) is 2.93. The van der Waals surface area contributed by atoms with Gasteiger partial charge in [-0.2, -0.15) is 8.42 Å². The van der Waals surface area contributed by atoms with Crippen LogP contribution in [0.15, 0.2) is 18.2 Å². The number of carbonyl (C=O) groups is 2. The molecule has 2 heterocycles. The number of nitrogens with zero attached hydrogens (tertiary/aromatic N) is 2. The molecular formula is C14H16N2O7S. The number of cyclic esters (lactones) is 2. The Kier molecular flexibility index (Phi) is 4.10. The minimum Gasteiger partial charge on any atom is -0.444 e. The zero-order valence-electron chi connectivity index (χ0n) is 13.1. The summed E-state index contributed by atoms with van der Waals surface area (Å²) in [7, 11) is -2.00. The van der Waals surface area contributed by atoms with E-state index in [1.165, 1.54) is 9.80 Å². The maximum atomic E-state index is 12.0. The van der Waals surface area contributed by atoms with Crippen molar-refractivity contribution in [3.05, 3.63) is 23.8 Å². The van der Waals surface area contributed by atoms with Crippen molar-refractivity contribution in [2.24, 2.45) is 0 Å². The third kappa shape index (κ3) is 3.29. The molecule has 9 nitrogen and oxygen atoms in total. The number of hydrogen-bond acceptors (Lipinski definition) is 7. The molecule has 3 rings (SSSR count). The lowest BCUT2D eigenvalue weighted by molar-refractivity contribution is 0.107. The smallest absolute Gasteiger partial charge is 0.414 e. The molecule has 0 saturated carbocycles. The zero-order chi connectivity index (χ0) is 17.5. The Hall–Kier alpha value is -2.33. The van der Waals surface area contributed by atoms with Crippen molar-refractivity contribution in [3.63, 3.8) is 0 Å². The molecule has 130 valence electrons. The van der Waals surface area contributed by atoms with E-state index in [2.05, 4.69) is 4.18 Å². The standard InChI is InChI=1S/C14H16N2O7S/c1-15-12-4-3-10(5-9(12)7-21-13(15)17)16-6-11(23-14(16)18)8-22-24(2,19)20/h3-5,11H,6-8H2,1-2H3. The van der Waals surface area contributed by atoms with Crippen LogP contribution in [0, 0.1) is 0 Å². The second kappa shape index (κ2) is 5.95. The highest BCUT2D eigenvalue weighted by Gasteiger charge is 2.34. The number of amides is 2. The maximum Gasteiger partial charge on any atom is 0.414 e. The Labute approximate surface area is 138 Å². The van der Waals surface area contributed by atoms with Crippen molar-refractivity contribution >= 4 is 33.7 Å². The van der Waals surface area contributed by atoms with E-state index < -0.39 is 28.4 Å². The van der Waals surface area contributed by atoms with Gasteiger partial charge < -0.3 is 9.47 Å². The van der Waals surface area contributed by atoms with E-state index in [-0.39, 0.29) is 19.8 Å². The van der Waals surface area contributed by atoms with Crippen LogP contribution in [0.4, 0.5) is 21.0 Å². The van der Waals surface area contributed by atoms with Gasteiger partial charge in [0.25, 0.3) is 10.1 Å². The Morgan fingerprint density at radius 1 is 1.29 bits per heavy atom. The third-order valence-electron chi connectivity index (χ3n) is 3.70. The molecule has 0 aliphatic carbocycles. The molecular weight excluding hydrogens is 340 g/mol. The number of fused-ring (bicyclic) bond motifs is 1. The van der Waals surface area contributed by atoms with Crippen molar-refractivity contribution in [2.45, 2.75) is 12.7 Å². The Bertz CT molecular complexity index is 792. The Balaban J connectivity index is 1.75. The van der Waals surface area contributed by atoms with Gasteiger partial charge >= 0.3 is 12.2 Å². The van der Waals surface area contributed by atoms with Crippen LogP contribution in [-0.2, 0) is 30.4 Å². The second-order valence-corrected chi connectivity index (χ2v) is 7.18. The first-order valence-corrected chi connectivity index (χ1v) is 8.92. The summed E-state index contributed by atoms with van der Waals surface area (Å²) >= 11 is 0. The average Bonchev–Trinajstić information content (AvgIpc) is 2.89. The highest BCUT2D eigenvalue weighted by atomic mass is 32.2. The summed E-state index contributed by atoms with van der Waals surface area (Å²) < 4.78 is 36.8. The predicted molar refractivity (Wildman–Crippen MR) is 83.4 cm³/mol. The summed E-state index contributed by atoms with van der Waals surface area (Å²) in [6.07, 6.45) is -0.765. The second-order valence-electron chi connectivity index (χ2n) is 5.53. The van der Waals surface area contributed by atoms with E-state index >= 15 is 0 Å². The molecule has 0 spiro atoms. The van der Waals surface area contributed by atoms with Gasteiger partial charge in [0.15, 0.2) is 0 Å². The SMILES string of the molecule is CN1C(=O)OCc2cc(N3CC(COS(C)(=O)=O)OC3=O)ccc21. The van der Waals surface area contributed by atoms with Crippen molar-refractivity contribution in [1.82, 2.24) is 0 Å². The number of ether oxygens (including phenoxy) is 2. The first-order valence-electron chi connectivity index (χ1n) is 7.10. The van der Waals surface area contributed by atoms with E-state index in [0.29, 0.717) is 11.4 Å². The molecule has 2 aliphatic heterocycles. The van der Waals surface area contributed by atoms with E-state index in [4.69, 9.17) is 9.47 Å². The molecule has 1 aromatic carbocycles. The van der Waals surface area contributed by atoms with E-state index in [1.54, 1.807) is 25.2 Å². The molecule has 2 amide bonds. The Morgan fingerprint density at radius 3 is 2.75 bits per heavy atom. The van der Waals surface area contributed by atoms with Crippen LogP contribution in [-0.4, -0.2) is 53.2 Å². The van der Waals surface area contributed by atoms with Gasteiger partial charge in [-0.1, -0.05) is 0 Å². The largest absolute Gasteiger partial charge is 0.444 e. The molecule has 0 bridgehead atoms. The van der Waals surface area contributed by atoms with Crippen LogP contribution >= 0.6 is 0 Å². The summed E-state index contributed by atoms with van der Waals surface area (Å²) in [6.45, 7) is 0.0605.